The van der Waals surface area contributed by atoms with Crippen LogP contribution in [0.25, 0.3) is 0 Å². The van der Waals surface area contributed by atoms with E-state index in [2.05, 4.69) is 11.8 Å². The van der Waals surface area contributed by atoms with Gasteiger partial charge in [-0.1, -0.05) is 6.92 Å². The first-order valence-electron chi connectivity index (χ1n) is 9.58. The lowest BCUT2D eigenvalue weighted by molar-refractivity contribution is -0.117. The molecular weight excluding hydrogens is 362 g/mol. The Hall–Kier alpha value is -2.41. The summed E-state index contributed by atoms with van der Waals surface area (Å²) in [5.74, 6) is 0.623. The first-order valence-corrected chi connectivity index (χ1v) is 9.58. The molecule has 2 aromatic rings. The Labute approximate surface area is 163 Å². The molecule has 0 aliphatic carbocycles. The van der Waals surface area contributed by atoms with Gasteiger partial charge in [0.15, 0.2) is 0 Å². The summed E-state index contributed by atoms with van der Waals surface area (Å²) in [5, 5.41) is 0. The molecule has 4 rings (SSSR count). The number of rotatable bonds is 3. The maximum atomic E-state index is 14.1. The fraction of sp³-hybridized carbons (Fsp3) is 0.476. The summed E-state index contributed by atoms with van der Waals surface area (Å²) in [6, 6.07) is 3.57. The van der Waals surface area contributed by atoms with Gasteiger partial charge < -0.3 is 0 Å². The number of aryl methyl sites for hydroxylation is 1. The van der Waals surface area contributed by atoms with Crippen molar-refractivity contribution in [1.82, 2.24) is 14.9 Å². The van der Waals surface area contributed by atoms with Crippen LogP contribution in [0.5, 0.6) is 0 Å². The van der Waals surface area contributed by atoms with Crippen LogP contribution in [0.1, 0.15) is 42.4 Å². The Morgan fingerprint density at radius 1 is 1.25 bits per heavy atom. The molecular formula is C21H24F2N4O. The van der Waals surface area contributed by atoms with Gasteiger partial charge >= 0.3 is 0 Å². The van der Waals surface area contributed by atoms with E-state index in [1.165, 1.54) is 12.1 Å². The largest absolute Gasteiger partial charge is 0.299 e. The number of likely N-dealkylation sites (tertiary alicyclic amines) is 1. The number of carbonyl (C=O) groups excluding carboxylic acids is 1. The molecule has 148 valence electrons. The Kier molecular flexibility index (Phi) is 4.65. The quantitative estimate of drug-likeness (QED) is 0.813. The average molecular weight is 386 g/mol. The Balaban J connectivity index is 1.61. The molecule has 5 nitrogen and oxygen atoms in total. The van der Waals surface area contributed by atoms with E-state index in [0.29, 0.717) is 30.9 Å². The van der Waals surface area contributed by atoms with Crippen LogP contribution < -0.4 is 4.90 Å². The summed E-state index contributed by atoms with van der Waals surface area (Å²) < 4.78 is 27.6. The molecule has 1 fully saturated rings. The molecule has 2 aliphatic rings. The van der Waals surface area contributed by atoms with E-state index in [-0.39, 0.29) is 11.3 Å². The van der Waals surface area contributed by atoms with Gasteiger partial charge in [0.1, 0.15) is 23.3 Å². The first-order chi connectivity index (χ1) is 13.3. The van der Waals surface area contributed by atoms with Gasteiger partial charge in [-0.05, 0) is 44.5 Å². The molecule has 1 amide bonds. The van der Waals surface area contributed by atoms with Gasteiger partial charge in [0.25, 0.3) is 0 Å². The fourth-order valence-electron chi connectivity index (χ4n) is 4.29. The van der Waals surface area contributed by atoms with Crippen LogP contribution in [0.4, 0.5) is 14.6 Å². The third kappa shape index (κ3) is 3.28. The van der Waals surface area contributed by atoms with Crippen molar-refractivity contribution in [2.24, 2.45) is 0 Å². The molecule has 7 heteroatoms. The zero-order valence-corrected chi connectivity index (χ0v) is 16.4. The standard InChI is InChI=1S/C21H24F2N4O/c1-13-16-10-18(28)26(3)19(16)25-20(24-13)21(2)7-4-8-27(12-21)11-14-9-15(22)5-6-17(14)23/h5-6,9H,4,7-8,10-12H2,1-3H3/t21-/m1/s1. The molecule has 0 saturated carbocycles. The zero-order valence-electron chi connectivity index (χ0n) is 16.4. The summed E-state index contributed by atoms with van der Waals surface area (Å²) in [7, 11) is 1.74. The van der Waals surface area contributed by atoms with Gasteiger partial charge in [-0.15, -0.1) is 0 Å². The molecule has 0 unspecified atom stereocenters. The topological polar surface area (TPSA) is 49.3 Å². The fourth-order valence-corrected chi connectivity index (χ4v) is 4.29. The van der Waals surface area contributed by atoms with E-state index >= 15 is 0 Å². The molecule has 1 saturated heterocycles. The molecule has 2 aliphatic heterocycles. The first kappa shape index (κ1) is 18.9. The highest BCUT2D eigenvalue weighted by molar-refractivity contribution is 5.99. The van der Waals surface area contributed by atoms with Crippen LogP contribution in [0, 0.1) is 18.6 Å². The van der Waals surface area contributed by atoms with Gasteiger partial charge in [0.2, 0.25) is 5.91 Å². The summed E-state index contributed by atoms with van der Waals surface area (Å²) in [5.41, 5.74) is 1.79. The number of benzene rings is 1. The van der Waals surface area contributed by atoms with Crippen LogP contribution in [0.2, 0.25) is 0 Å². The second kappa shape index (κ2) is 6.88. The monoisotopic (exact) mass is 386 g/mol. The second-order valence-corrected chi connectivity index (χ2v) is 8.17. The second-order valence-electron chi connectivity index (χ2n) is 8.17. The minimum atomic E-state index is -0.429. The van der Waals surface area contributed by atoms with Gasteiger partial charge in [-0.3, -0.25) is 14.6 Å². The van der Waals surface area contributed by atoms with Crippen molar-refractivity contribution in [2.45, 2.75) is 45.1 Å². The third-order valence-corrected chi connectivity index (χ3v) is 5.93. The molecule has 3 heterocycles. The van der Waals surface area contributed by atoms with E-state index in [1.807, 2.05) is 6.92 Å². The molecule has 0 radical (unpaired) electrons. The van der Waals surface area contributed by atoms with Crippen LogP contribution >= 0.6 is 0 Å². The maximum Gasteiger partial charge on any atom is 0.232 e. The third-order valence-electron chi connectivity index (χ3n) is 5.93. The molecule has 0 N–H and O–H groups in total. The van der Waals surface area contributed by atoms with Crippen molar-refractivity contribution in [3.63, 3.8) is 0 Å². The van der Waals surface area contributed by atoms with Crippen LogP contribution in [0.3, 0.4) is 0 Å². The maximum absolute atomic E-state index is 14.1. The number of carbonyl (C=O) groups is 1. The number of anilines is 1. The summed E-state index contributed by atoms with van der Waals surface area (Å²) in [4.78, 5) is 25.3. The molecule has 1 atom stereocenters. The number of likely N-dealkylation sites (N-methyl/N-ethyl adjacent to an activating group) is 1. The summed E-state index contributed by atoms with van der Waals surface area (Å²) in [6.45, 7) is 5.84. The smallest absolute Gasteiger partial charge is 0.232 e. The van der Waals surface area contributed by atoms with Crippen molar-refractivity contribution in [3.05, 3.63) is 52.5 Å². The average Bonchev–Trinajstić information content (AvgIpc) is 2.94. The van der Waals surface area contributed by atoms with Gasteiger partial charge in [0, 0.05) is 42.4 Å². The van der Waals surface area contributed by atoms with Crippen molar-refractivity contribution in [1.29, 1.82) is 0 Å². The van der Waals surface area contributed by atoms with E-state index in [4.69, 9.17) is 9.97 Å². The Morgan fingerprint density at radius 3 is 2.82 bits per heavy atom. The molecule has 0 spiro atoms. The Morgan fingerprint density at radius 2 is 2.04 bits per heavy atom. The number of amides is 1. The number of hydrogen-bond donors (Lipinski definition) is 0. The van der Waals surface area contributed by atoms with Crippen LogP contribution in [-0.2, 0) is 23.2 Å². The normalized spacial score (nSPS) is 22.6. The molecule has 0 bridgehead atoms. The van der Waals surface area contributed by atoms with E-state index in [0.717, 1.165) is 42.5 Å². The predicted octanol–water partition coefficient (Wildman–Crippen LogP) is 3.14. The Bertz CT molecular complexity index is 948. The van der Waals surface area contributed by atoms with Crippen LogP contribution in [-0.4, -0.2) is 40.9 Å². The van der Waals surface area contributed by atoms with Gasteiger partial charge in [-0.2, -0.15) is 0 Å². The zero-order chi connectivity index (χ0) is 20.1. The number of halogens is 2. The highest BCUT2D eigenvalue weighted by atomic mass is 19.1. The number of fused-ring (bicyclic) bond motifs is 1. The predicted molar refractivity (Wildman–Crippen MR) is 102 cm³/mol. The van der Waals surface area contributed by atoms with Crippen molar-refractivity contribution in [2.75, 3.05) is 25.0 Å². The lowest BCUT2D eigenvalue weighted by Crippen LogP contribution is -2.45. The number of hydrogen-bond acceptors (Lipinski definition) is 4. The lowest BCUT2D eigenvalue weighted by atomic mass is 9.80. The SMILES string of the molecule is Cc1nc([C@]2(C)CCCN(Cc3cc(F)ccc3F)C2)nc2c1CC(=O)N2C. The van der Waals surface area contributed by atoms with E-state index in [1.54, 1.807) is 11.9 Å². The lowest BCUT2D eigenvalue weighted by Gasteiger charge is -2.39. The highest BCUT2D eigenvalue weighted by Gasteiger charge is 2.38. The van der Waals surface area contributed by atoms with Crippen molar-refractivity contribution < 1.29 is 13.6 Å². The molecule has 1 aromatic heterocycles. The molecule has 1 aromatic carbocycles. The van der Waals surface area contributed by atoms with Gasteiger partial charge in [0.05, 0.1) is 6.42 Å². The van der Waals surface area contributed by atoms with Gasteiger partial charge in [-0.25, -0.2) is 18.7 Å². The highest BCUT2D eigenvalue weighted by Crippen LogP contribution is 2.36. The van der Waals surface area contributed by atoms with E-state index in [9.17, 15) is 13.6 Å². The van der Waals surface area contributed by atoms with Crippen molar-refractivity contribution in [3.8, 4) is 0 Å². The number of aromatic nitrogens is 2. The summed E-state index contributed by atoms with van der Waals surface area (Å²) in [6.07, 6.45) is 2.17. The summed E-state index contributed by atoms with van der Waals surface area (Å²) >= 11 is 0. The number of nitrogens with zero attached hydrogens (tertiary/aromatic N) is 4. The molecule has 28 heavy (non-hydrogen) atoms. The van der Waals surface area contributed by atoms with E-state index < -0.39 is 11.6 Å². The van der Waals surface area contributed by atoms with Crippen molar-refractivity contribution >= 4 is 11.7 Å². The number of piperidine rings is 1. The minimum absolute atomic E-state index is 0.0292. The minimum Gasteiger partial charge on any atom is -0.299 e. The van der Waals surface area contributed by atoms with Crippen LogP contribution in [0.15, 0.2) is 18.2 Å².